The average Bonchev–Trinajstić information content (AvgIpc) is 3.58. The molecular formula is C29H37F3N8O3. The summed E-state index contributed by atoms with van der Waals surface area (Å²) in [4.78, 5) is 21.6. The fourth-order valence-corrected chi connectivity index (χ4v) is 6.19. The molecule has 0 unspecified atom stereocenters. The molecule has 1 aliphatic heterocycles. The van der Waals surface area contributed by atoms with Gasteiger partial charge in [-0.05, 0) is 48.3 Å². The Kier molecular flexibility index (Phi) is 7.60. The van der Waals surface area contributed by atoms with Crippen LogP contribution in [0.15, 0.2) is 30.9 Å². The highest BCUT2D eigenvalue weighted by atomic mass is 19.4. The van der Waals surface area contributed by atoms with Crippen LogP contribution in [0.2, 0.25) is 0 Å². The summed E-state index contributed by atoms with van der Waals surface area (Å²) in [6.45, 7) is 5.16. The lowest BCUT2D eigenvalue weighted by molar-refractivity contribution is -0.163. The monoisotopic (exact) mass is 602 g/mol. The molecule has 3 aromatic heterocycles. The molecule has 1 aromatic carbocycles. The van der Waals surface area contributed by atoms with Crippen molar-refractivity contribution in [2.45, 2.75) is 88.6 Å². The van der Waals surface area contributed by atoms with Gasteiger partial charge in [-0.3, -0.25) is 9.47 Å². The number of halogens is 3. The molecule has 1 saturated carbocycles. The van der Waals surface area contributed by atoms with Gasteiger partial charge in [-0.15, -0.1) is 0 Å². The highest BCUT2D eigenvalue weighted by Gasteiger charge is 2.47. The Morgan fingerprint density at radius 2 is 1.88 bits per heavy atom. The molecule has 43 heavy (non-hydrogen) atoms. The van der Waals surface area contributed by atoms with Crippen molar-refractivity contribution < 1.29 is 28.1 Å². The first-order chi connectivity index (χ1) is 20.3. The molecule has 6 rings (SSSR count). The summed E-state index contributed by atoms with van der Waals surface area (Å²) < 4.78 is 48.2. The van der Waals surface area contributed by atoms with Gasteiger partial charge in [0.2, 0.25) is 0 Å². The van der Waals surface area contributed by atoms with E-state index in [0.717, 1.165) is 23.3 Å². The van der Waals surface area contributed by atoms with Crippen molar-refractivity contribution in [2.75, 3.05) is 18.8 Å². The summed E-state index contributed by atoms with van der Waals surface area (Å²) in [5.41, 5.74) is 9.55. The van der Waals surface area contributed by atoms with Crippen LogP contribution < -0.4 is 5.73 Å². The Morgan fingerprint density at radius 1 is 1.12 bits per heavy atom. The molecule has 0 spiro atoms. The number of ether oxygens (including phenoxy) is 1. The van der Waals surface area contributed by atoms with Crippen LogP contribution in [0.25, 0.3) is 22.2 Å². The highest BCUT2D eigenvalue weighted by Crippen LogP contribution is 2.39. The number of H-pyrrole nitrogens is 1. The lowest BCUT2D eigenvalue weighted by Crippen LogP contribution is -2.52. The number of nitrogens with two attached hydrogens (primary N) is 1. The number of aromatic amines is 1. The number of imidazole rings is 2. The molecule has 1 saturated heterocycles. The molecule has 0 radical (unpaired) electrons. The van der Waals surface area contributed by atoms with E-state index in [4.69, 9.17) is 15.5 Å². The van der Waals surface area contributed by atoms with E-state index in [0.29, 0.717) is 24.8 Å². The standard InChI is InChI=1S/C29H37F3N8O3/c1-28(2,3)16-5-6-18-19(10-16)38-21(37-18)7-4-15-8-17(9-15)39(12-29(30,31)32)11-20-23(41)24(42)27(43-20)40-14-36-22-25(33)34-13-35-26(22)40/h5-6,10,13-15,17,20,23-24,27,41-42H,4,7-9,11-12H2,1-3H3,(H,37,38)(H2,33,34,35)/t15?,17?,20-,23+,24+,27-/m1/s1. The molecule has 4 atom stereocenters. The number of hydrogen-bond acceptors (Lipinski definition) is 9. The number of fused-ring (bicyclic) bond motifs is 2. The van der Waals surface area contributed by atoms with Crippen molar-refractivity contribution in [3.63, 3.8) is 0 Å². The quantitative estimate of drug-likeness (QED) is 0.238. The second-order valence-corrected chi connectivity index (χ2v) is 12.9. The molecule has 4 aromatic rings. The number of aliphatic hydroxyl groups excluding tert-OH is 2. The smallest absolute Gasteiger partial charge is 0.387 e. The van der Waals surface area contributed by atoms with Crippen LogP contribution in [0, 0.1) is 5.92 Å². The van der Waals surface area contributed by atoms with Gasteiger partial charge < -0.3 is 25.7 Å². The predicted octanol–water partition coefficient (Wildman–Crippen LogP) is 3.48. The lowest BCUT2D eigenvalue weighted by atomic mass is 9.76. The van der Waals surface area contributed by atoms with Gasteiger partial charge in [0.05, 0.1) is 23.9 Å². The zero-order valence-corrected chi connectivity index (χ0v) is 24.3. The van der Waals surface area contributed by atoms with Crippen molar-refractivity contribution in [3.8, 4) is 0 Å². The Labute approximate surface area is 246 Å². The summed E-state index contributed by atoms with van der Waals surface area (Å²) in [5, 5.41) is 21.5. The van der Waals surface area contributed by atoms with Gasteiger partial charge in [0.1, 0.15) is 36.0 Å². The van der Waals surface area contributed by atoms with E-state index in [1.165, 1.54) is 27.7 Å². The Hall–Kier alpha value is -3.33. The molecular weight excluding hydrogens is 565 g/mol. The highest BCUT2D eigenvalue weighted by molar-refractivity contribution is 5.81. The third-order valence-corrected chi connectivity index (χ3v) is 8.71. The summed E-state index contributed by atoms with van der Waals surface area (Å²) in [6.07, 6.45) is -4.06. The second kappa shape index (κ2) is 11.0. The second-order valence-electron chi connectivity index (χ2n) is 12.9. The number of nitrogens with one attached hydrogen (secondary N) is 1. The largest absolute Gasteiger partial charge is 0.401 e. The minimum absolute atomic E-state index is 0.0203. The van der Waals surface area contributed by atoms with E-state index in [1.54, 1.807) is 0 Å². The normalized spacial score (nSPS) is 26.5. The van der Waals surface area contributed by atoms with Crippen LogP contribution >= 0.6 is 0 Å². The number of nitrogen functional groups attached to an aromatic ring is 1. The Morgan fingerprint density at radius 3 is 2.60 bits per heavy atom. The van der Waals surface area contributed by atoms with Gasteiger partial charge in [-0.25, -0.2) is 19.9 Å². The molecule has 2 fully saturated rings. The van der Waals surface area contributed by atoms with Crippen LogP contribution in [-0.2, 0) is 16.6 Å². The van der Waals surface area contributed by atoms with Gasteiger partial charge >= 0.3 is 6.18 Å². The minimum atomic E-state index is -4.43. The minimum Gasteiger partial charge on any atom is -0.387 e. The number of aryl methyl sites for hydroxylation is 1. The van der Waals surface area contributed by atoms with Crippen molar-refractivity contribution in [1.82, 2.24) is 34.4 Å². The first-order valence-corrected chi connectivity index (χ1v) is 14.5. The van der Waals surface area contributed by atoms with Gasteiger partial charge in [0.25, 0.3) is 0 Å². The SMILES string of the molecule is CC(C)(C)c1ccc2[nH]c(CCC3CC(N(C[C@H]4O[C@@H](n5cnc6c(N)ncnc65)[C@@H](O)[C@H]4O)CC(F)(F)F)C3)nc2c1. The lowest BCUT2D eigenvalue weighted by Gasteiger charge is -2.44. The molecule has 5 N–H and O–H groups in total. The zero-order valence-electron chi connectivity index (χ0n) is 24.3. The maximum atomic E-state index is 13.6. The molecule has 4 heterocycles. The summed E-state index contributed by atoms with van der Waals surface area (Å²) >= 11 is 0. The Bertz CT molecular complexity index is 1590. The fraction of sp³-hybridized carbons (Fsp3) is 0.586. The maximum Gasteiger partial charge on any atom is 0.401 e. The summed E-state index contributed by atoms with van der Waals surface area (Å²) in [6, 6.07) is 5.93. The molecule has 11 nitrogen and oxygen atoms in total. The van der Waals surface area contributed by atoms with Crippen LogP contribution in [0.4, 0.5) is 19.0 Å². The van der Waals surface area contributed by atoms with Gasteiger partial charge in [0, 0.05) is 19.0 Å². The van der Waals surface area contributed by atoms with Crippen molar-refractivity contribution in [1.29, 1.82) is 0 Å². The third-order valence-electron chi connectivity index (χ3n) is 8.71. The third kappa shape index (κ3) is 6.06. The number of nitrogens with zero attached hydrogens (tertiary/aromatic N) is 6. The van der Waals surface area contributed by atoms with Gasteiger partial charge in [-0.2, -0.15) is 13.2 Å². The molecule has 14 heteroatoms. The molecule has 0 bridgehead atoms. The van der Waals surface area contributed by atoms with E-state index in [-0.39, 0.29) is 35.4 Å². The summed E-state index contributed by atoms with van der Waals surface area (Å²) in [5.74, 6) is 1.27. The molecule has 2 aliphatic rings. The molecule has 232 valence electrons. The topological polar surface area (TPSA) is 151 Å². The number of benzene rings is 1. The van der Waals surface area contributed by atoms with Crippen LogP contribution in [-0.4, -0.2) is 88.2 Å². The van der Waals surface area contributed by atoms with Crippen molar-refractivity contribution >= 4 is 28.0 Å². The number of rotatable bonds is 8. The van der Waals surface area contributed by atoms with Gasteiger partial charge in [0.15, 0.2) is 17.7 Å². The first-order valence-electron chi connectivity index (χ1n) is 14.5. The van der Waals surface area contributed by atoms with Crippen LogP contribution in [0.5, 0.6) is 0 Å². The van der Waals surface area contributed by atoms with E-state index >= 15 is 0 Å². The number of aliphatic hydroxyl groups is 2. The average molecular weight is 603 g/mol. The molecule has 0 amide bonds. The maximum absolute atomic E-state index is 13.6. The number of alkyl halides is 3. The number of aromatic nitrogens is 6. The van der Waals surface area contributed by atoms with Crippen LogP contribution in [0.1, 0.15) is 57.6 Å². The van der Waals surface area contributed by atoms with E-state index in [9.17, 15) is 23.4 Å². The number of hydrogen-bond donors (Lipinski definition) is 4. The number of anilines is 1. The molecule has 1 aliphatic carbocycles. The van der Waals surface area contributed by atoms with E-state index in [2.05, 4.69) is 52.8 Å². The summed E-state index contributed by atoms with van der Waals surface area (Å²) in [7, 11) is 0. The van der Waals surface area contributed by atoms with Gasteiger partial charge in [-0.1, -0.05) is 26.8 Å². The van der Waals surface area contributed by atoms with E-state index < -0.39 is 37.3 Å². The predicted molar refractivity (Wildman–Crippen MR) is 153 cm³/mol. The van der Waals surface area contributed by atoms with Crippen molar-refractivity contribution in [3.05, 3.63) is 42.2 Å². The van der Waals surface area contributed by atoms with Crippen LogP contribution in [0.3, 0.4) is 0 Å². The van der Waals surface area contributed by atoms with E-state index in [1.807, 2.05) is 6.07 Å². The van der Waals surface area contributed by atoms with Crippen molar-refractivity contribution in [2.24, 2.45) is 5.92 Å². The first kappa shape index (κ1) is 29.7. The Balaban J connectivity index is 1.08. The fourth-order valence-electron chi connectivity index (χ4n) is 6.19. The zero-order chi connectivity index (χ0) is 30.7.